The number of hydrogen-bond acceptors (Lipinski definition) is 4. The minimum atomic E-state index is -3.93. The van der Waals surface area contributed by atoms with Crippen molar-refractivity contribution < 1.29 is 18.3 Å². The predicted octanol–water partition coefficient (Wildman–Crippen LogP) is 3.44. The fourth-order valence-corrected chi connectivity index (χ4v) is 4.83. The van der Waals surface area contributed by atoms with Crippen molar-refractivity contribution in [3.05, 3.63) is 65.7 Å². The molecule has 0 aromatic heterocycles. The van der Waals surface area contributed by atoms with Gasteiger partial charge in [-0.05, 0) is 38.5 Å². The highest BCUT2D eigenvalue weighted by Gasteiger charge is 2.39. The van der Waals surface area contributed by atoms with E-state index in [0.717, 1.165) is 11.1 Å². The van der Waals surface area contributed by atoms with Crippen LogP contribution in [-0.4, -0.2) is 30.3 Å². The standard InChI is InChI=1S/C19H23NO4S2/c1-14-9-11-16(12-10-14)26(23,24)20-17(18(21)22)19(2,3)25-13-15-7-5-4-6-8-15/h4-12,17,20H,13H2,1-3H3,(H,21,22)/t17-/m1/s1. The van der Waals surface area contributed by atoms with Crippen molar-refractivity contribution in [1.29, 1.82) is 0 Å². The highest BCUT2D eigenvalue weighted by atomic mass is 32.2. The van der Waals surface area contributed by atoms with Crippen LogP contribution in [0.5, 0.6) is 0 Å². The monoisotopic (exact) mass is 393 g/mol. The molecule has 2 N–H and O–H groups in total. The van der Waals surface area contributed by atoms with Crippen LogP contribution < -0.4 is 4.72 Å². The number of sulfonamides is 1. The van der Waals surface area contributed by atoms with Gasteiger partial charge in [-0.25, -0.2) is 8.42 Å². The third kappa shape index (κ3) is 5.33. The molecule has 0 aliphatic rings. The molecule has 2 rings (SSSR count). The number of carboxylic acids is 1. The summed E-state index contributed by atoms with van der Waals surface area (Å²) in [5, 5.41) is 9.62. The van der Waals surface area contributed by atoms with Gasteiger partial charge in [0, 0.05) is 10.5 Å². The van der Waals surface area contributed by atoms with Crippen LogP contribution in [0, 0.1) is 6.92 Å². The molecule has 0 fully saturated rings. The lowest BCUT2D eigenvalue weighted by molar-refractivity contribution is -0.139. The molecule has 0 bridgehead atoms. The molecule has 0 radical (unpaired) electrons. The van der Waals surface area contributed by atoms with Crippen LogP contribution in [0.2, 0.25) is 0 Å². The lowest BCUT2D eigenvalue weighted by Crippen LogP contribution is -2.52. The summed E-state index contributed by atoms with van der Waals surface area (Å²) in [6.07, 6.45) is 0. The highest BCUT2D eigenvalue weighted by Crippen LogP contribution is 2.32. The number of aliphatic carboxylic acids is 1. The van der Waals surface area contributed by atoms with Crippen molar-refractivity contribution in [3.8, 4) is 0 Å². The summed E-state index contributed by atoms with van der Waals surface area (Å²) in [6.45, 7) is 5.32. The second-order valence-corrected chi connectivity index (χ2v) is 9.93. The van der Waals surface area contributed by atoms with Crippen LogP contribution >= 0.6 is 11.8 Å². The Bertz CT molecular complexity index is 847. The molecule has 0 saturated heterocycles. The van der Waals surface area contributed by atoms with Crippen LogP contribution in [0.25, 0.3) is 0 Å². The van der Waals surface area contributed by atoms with Gasteiger partial charge in [-0.15, -0.1) is 11.8 Å². The molecule has 0 amide bonds. The van der Waals surface area contributed by atoms with Crippen molar-refractivity contribution in [2.75, 3.05) is 0 Å². The number of nitrogens with one attached hydrogen (secondary N) is 1. The van der Waals surface area contributed by atoms with E-state index >= 15 is 0 Å². The number of aryl methyl sites for hydroxylation is 1. The summed E-state index contributed by atoms with van der Waals surface area (Å²) in [5.74, 6) is -0.615. The summed E-state index contributed by atoms with van der Waals surface area (Å²) < 4.78 is 26.7. The van der Waals surface area contributed by atoms with Crippen molar-refractivity contribution in [2.24, 2.45) is 0 Å². The highest BCUT2D eigenvalue weighted by molar-refractivity contribution is 8.00. The van der Waals surface area contributed by atoms with E-state index in [9.17, 15) is 18.3 Å². The Kier molecular flexibility index (Phi) is 6.49. The molecule has 0 spiro atoms. The van der Waals surface area contributed by atoms with Crippen LogP contribution in [-0.2, 0) is 20.6 Å². The first-order valence-electron chi connectivity index (χ1n) is 8.11. The zero-order chi connectivity index (χ0) is 19.4. The lowest BCUT2D eigenvalue weighted by Gasteiger charge is -2.31. The summed E-state index contributed by atoms with van der Waals surface area (Å²) >= 11 is 1.40. The average Bonchev–Trinajstić information content (AvgIpc) is 2.59. The average molecular weight is 394 g/mol. The van der Waals surface area contributed by atoms with Gasteiger partial charge in [0.05, 0.1) is 4.90 Å². The summed E-state index contributed by atoms with van der Waals surface area (Å²) in [6, 6.07) is 14.7. The normalized spacial score (nSPS) is 13.3. The van der Waals surface area contributed by atoms with Gasteiger partial charge in [-0.3, -0.25) is 4.79 Å². The number of carboxylic acid groups (broad SMARTS) is 1. The smallest absolute Gasteiger partial charge is 0.323 e. The Morgan fingerprint density at radius 2 is 1.69 bits per heavy atom. The molecule has 2 aromatic carbocycles. The first kappa shape index (κ1) is 20.5. The number of carbonyl (C=O) groups is 1. The maximum Gasteiger partial charge on any atom is 0.323 e. The van der Waals surface area contributed by atoms with E-state index in [2.05, 4.69) is 4.72 Å². The van der Waals surface area contributed by atoms with Gasteiger partial charge in [0.15, 0.2) is 0 Å². The Morgan fingerprint density at radius 3 is 2.23 bits per heavy atom. The zero-order valence-electron chi connectivity index (χ0n) is 15.0. The molecule has 0 aliphatic carbocycles. The van der Waals surface area contributed by atoms with Gasteiger partial charge in [0.2, 0.25) is 10.0 Å². The topological polar surface area (TPSA) is 83.5 Å². The van der Waals surface area contributed by atoms with Crippen molar-refractivity contribution in [1.82, 2.24) is 4.72 Å². The molecule has 1 atom stereocenters. The van der Waals surface area contributed by atoms with Gasteiger partial charge in [-0.2, -0.15) is 4.72 Å². The van der Waals surface area contributed by atoms with Gasteiger partial charge in [0.1, 0.15) is 6.04 Å². The summed E-state index contributed by atoms with van der Waals surface area (Å²) in [4.78, 5) is 11.8. The number of hydrogen-bond donors (Lipinski definition) is 2. The van der Waals surface area contributed by atoms with Crippen molar-refractivity contribution in [3.63, 3.8) is 0 Å². The minimum absolute atomic E-state index is 0.0539. The Balaban J connectivity index is 2.18. The van der Waals surface area contributed by atoms with Crippen LogP contribution in [0.1, 0.15) is 25.0 Å². The van der Waals surface area contributed by atoms with Crippen molar-refractivity contribution >= 4 is 27.8 Å². The third-order valence-corrected chi connectivity index (χ3v) is 6.90. The molecule has 26 heavy (non-hydrogen) atoms. The van der Waals surface area contributed by atoms with E-state index in [1.807, 2.05) is 37.3 Å². The number of thioether (sulfide) groups is 1. The molecule has 5 nitrogen and oxygen atoms in total. The molecule has 140 valence electrons. The van der Waals surface area contributed by atoms with E-state index in [0.29, 0.717) is 5.75 Å². The molecule has 2 aromatic rings. The Labute approximate surface area is 158 Å². The second-order valence-electron chi connectivity index (χ2n) is 6.58. The molecule has 7 heteroatoms. The molecule has 0 unspecified atom stereocenters. The molecular weight excluding hydrogens is 370 g/mol. The quantitative estimate of drug-likeness (QED) is 0.718. The first-order valence-corrected chi connectivity index (χ1v) is 10.6. The SMILES string of the molecule is Cc1ccc(S(=O)(=O)N[C@H](C(=O)O)C(C)(C)SCc2ccccc2)cc1. The van der Waals surface area contributed by atoms with Gasteiger partial charge < -0.3 is 5.11 Å². The fraction of sp³-hybridized carbons (Fsp3) is 0.316. The Hall–Kier alpha value is -1.83. The first-order chi connectivity index (χ1) is 12.1. The number of rotatable bonds is 8. The molecular formula is C19H23NO4S2. The van der Waals surface area contributed by atoms with Gasteiger partial charge >= 0.3 is 5.97 Å². The fourth-order valence-electron chi connectivity index (χ4n) is 2.36. The largest absolute Gasteiger partial charge is 0.480 e. The minimum Gasteiger partial charge on any atom is -0.480 e. The van der Waals surface area contributed by atoms with E-state index in [1.54, 1.807) is 26.0 Å². The Morgan fingerprint density at radius 1 is 1.12 bits per heavy atom. The third-order valence-electron chi connectivity index (χ3n) is 4.00. The second kappa shape index (κ2) is 8.24. The van der Waals surface area contributed by atoms with Gasteiger partial charge in [0.25, 0.3) is 0 Å². The van der Waals surface area contributed by atoms with Crippen LogP contribution in [0.4, 0.5) is 0 Å². The van der Waals surface area contributed by atoms with Crippen LogP contribution in [0.15, 0.2) is 59.5 Å². The summed E-state index contributed by atoms with van der Waals surface area (Å²) in [5.41, 5.74) is 1.98. The predicted molar refractivity (Wildman–Crippen MR) is 105 cm³/mol. The van der Waals surface area contributed by atoms with Crippen molar-refractivity contribution in [2.45, 2.75) is 42.2 Å². The maximum atomic E-state index is 12.6. The van der Waals surface area contributed by atoms with Crippen LogP contribution in [0.3, 0.4) is 0 Å². The van der Waals surface area contributed by atoms with Gasteiger partial charge in [-0.1, -0.05) is 48.0 Å². The van der Waals surface area contributed by atoms with E-state index in [4.69, 9.17) is 0 Å². The molecule has 0 aliphatic heterocycles. The summed E-state index contributed by atoms with van der Waals surface area (Å²) in [7, 11) is -3.93. The molecule has 0 saturated carbocycles. The number of benzene rings is 2. The molecule has 0 heterocycles. The maximum absolute atomic E-state index is 12.6. The van der Waals surface area contributed by atoms with E-state index in [1.165, 1.54) is 23.9 Å². The zero-order valence-corrected chi connectivity index (χ0v) is 16.6. The lowest BCUT2D eigenvalue weighted by atomic mass is 10.1. The van der Waals surface area contributed by atoms with E-state index < -0.39 is 26.8 Å². The van der Waals surface area contributed by atoms with E-state index in [-0.39, 0.29) is 4.90 Å².